The van der Waals surface area contributed by atoms with Crippen LogP contribution in [0.2, 0.25) is 18.1 Å². The normalized spacial score (nSPS) is 15.9. The summed E-state index contributed by atoms with van der Waals surface area (Å²) in [6.45, 7) is 15.8. The highest BCUT2D eigenvalue weighted by Crippen LogP contribution is 2.36. The second-order valence-corrected chi connectivity index (χ2v) is 12.5. The van der Waals surface area contributed by atoms with Gasteiger partial charge in [-0.2, -0.15) is 0 Å². The molecule has 0 N–H and O–H groups in total. The van der Waals surface area contributed by atoms with Crippen molar-refractivity contribution in [1.82, 2.24) is 0 Å². The van der Waals surface area contributed by atoms with Gasteiger partial charge in [-0.05, 0) is 24.6 Å². The van der Waals surface area contributed by atoms with Crippen molar-refractivity contribution in [2.24, 2.45) is 11.8 Å². The maximum atomic E-state index is 12.4. The van der Waals surface area contributed by atoms with Gasteiger partial charge in [-0.1, -0.05) is 34.6 Å². The first kappa shape index (κ1) is 21.8. The van der Waals surface area contributed by atoms with Crippen LogP contribution in [0.25, 0.3) is 0 Å². The summed E-state index contributed by atoms with van der Waals surface area (Å²) in [4.78, 5) is 12.4. The van der Waals surface area contributed by atoms with Crippen LogP contribution in [0.1, 0.15) is 47.5 Å². The molecule has 0 aromatic heterocycles. The minimum atomic E-state index is -1.72. The monoisotopic (exact) mass is 332 g/mol. The maximum Gasteiger partial charge on any atom is 0.191 e. The van der Waals surface area contributed by atoms with Gasteiger partial charge in [-0.3, -0.25) is 4.79 Å². The molecular weight excluding hydrogens is 296 g/mol. The van der Waals surface area contributed by atoms with E-state index >= 15 is 0 Å². The molecule has 0 amide bonds. The molecule has 0 aliphatic carbocycles. The van der Waals surface area contributed by atoms with Crippen molar-refractivity contribution in [1.29, 1.82) is 0 Å². The van der Waals surface area contributed by atoms with Crippen LogP contribution in [-0.2, 0) is 18.7 Å². The number of Topliss-reactive ketones (excluding diaryl/α,β-unsaturated/α-hetero) is 1. The maximum absolute atomic E-state index is 12.4. The van der Waals surface area contributed by atoms with Gasteiger partial charge in [0.15, 0.2) is 14.6 Å². The summed E-state index contributed by atoms with van der Waals surface area (Å²) < 4.78 is 16.5. The van der Waals surface area contributed by atoms with E-state index in [1.165, 1.54) is 0 Å². The first-order chi connectivity index (χ1) is 9.96. The fourth-order valence-corrected chi connectivity index (χ4v) is 3.09. The molecule has 4 nitrogen and oxygen atoms in total. The zero-order valence-electron chi connectivity index (χ0n) is 16.0. The van der Waals surface area contributed by atoms with E-state index in [1.807, 2.05) is 13.8 Å². The number of rotatable bonds is 10. The molecule has 0 aromatic carbocycles. The molecule has 0 aliphatic heterocycles. The number of ketones is 1. The molecule has 2 atom stereocenters. The number of hydrogen-bond acceptors (Lipinski definition) is 4. The minimum Gasteiger partial charge on any atom is -0.417 e. The van der Waals surface area contributed by atoms with E-state index in [1.54, 1.807) is 14.2 Å². The molecule has 0 spiro atoms. The van der Waals surface area contributed by atoms with Gasteiger partial charge in [0.1, 0.15) is 5.78 Å². The molecular formula is C17H36O4Si. The predicted molar refractivity (Wildman–Crippen MR) is 93.5 cm³/mol. The lowest BCUT2D eigenvalue weighted by molar-refractivity contribution is -0.136. The van der Waals surface area contributed by atoms with Crippen LogP contribution in [0.15, 0.2) is 0 Å². The third-order valence-electron chi connectivity index (χ3n) is 4.86. The van der Waals surface area contributed by atoms with Crippen molar-refractivity contribution in [3.8, 4) is 0 Å². The Morgan fingerprint density at radius 3 is 1.95 bits per heavy atom. The molecule has 0 aromatic rings. The van der Waals surface area contributed by atoms with Crippen molar-refractivity contribution in [2.45, 2.75) is 71.9 Å². The van der Waals surface area contributed by atoms with Crippen LogP contribution >= 0.6 is 0 Å². The summed E-state index contributed by atoms with van der Waals surface area (Å²) >= 11 is 0. The molecule has 0 rings (SSSR count). The van der Waals surface area contributed by atoms with Gasteiger partial charge in [-0.25, -0.2) is 0 Å². The van der Waals surface area contributed by atoms with Gasteiger partial charge in [0.2, 0.25) is 0 Å². The molecule has 132 valence electrons. The van der Waals surface area contributed by atoms with Gasteiger partial charge in [0.05, 0.1) is 0 Å². The number of carbonyl (C=O) groups is 1. The molecule has 0 bridgehead atoms. The number of carbonyl (C=O) groups excluding carboxylic acids is 1. The average molecular weight is 333 g/mol. The Labute approximate surface area is 138 Å². The van der Waals surface area contributed by atoms with Gasteiger partial charge in [-0.15, -0.1) is 0 Å². The van der Waals surface area contributed by atoms with Crippen molar-refractivity contribution in [2.75, 3.05) is 20.8 Å². The van der Waals surface area contributed by atoms with E-state index < -0.39 is 8.32 Å². The lowest BCUT2D eigenvalue weighted by Gasteiger charge is -2.36. The fourth-order valence-electron chi connectivity index (χ4n) is 2.03. The van der Waals surface area contributed by atoms with Crippen LogP contribution in [0.3, 0.4) is 0 Å². The second-order valence-electron chi connectivity index (χ2n) is 7.74. The Hall–Kier alpha value is -0.233. The second kappa shape index (κ2) is 9.16. The van der Waals surface area contributed by atoms with Crippen molar-refractivity contribution >= 4 is 14.1 Å². The van der Waals surface area contributed by atoms with Gasteiger partial charge < -0.3 is 13.9 Å². The third kappa shape index (κ3) is 6.90. The highest BCUT2D eigenvalue weighted by atomic mass is 28.4. The highest BCUT2D eigenvalue weighted by Gasteiger charge is 2.37. The van der Waals surface area contributed by atoms with Crippen molar-refractivity contribution in [3.05, 3.63) is 0 Å². The quantitative estimate of drug-likeness (QED) is 0.443. The van der Waals surface area contributed by atoms with Crippen LogP contribution in [0, 0.1) is 11.8 Å². The summed E-state index contributed by atoms with van der Waals surface area (Å²) in [6, 6.07) is 0. The summed E-state index contributed by atoms with van der Waals surface area (Å²) in [5.74, 6) is 0.208. The molecule has 22 heavy (non-hydrogen) atoms. The average Bonchev–Trinajstić information content (AvgIpc) is 2.41. The smallest absolute Gasteiger partial charge is 0.191 e. The Bertz CT molecular complexity index is 332. The van der Waals surface area contributed by atoms with Gasteiger partial charge in [0.25, 0.3) is 0 Å². The first-order valence-electron chi connectivity index (χ1n) is 8.19. The largest absolute Gasteiger partial charge is 0.417 e. The van der Waals surface area contributed by atoms with Crippen LogP contribution in [0.5, 0.6) is 0 Å². The predicted octanol–water partition coefficient (Wildman–Crippen LogP) is 4.25. The number of methoxy groups -OCH3 is 2. The van der Waals surface area contributed by atoms with E-state index in [-0.39, 0.29) is 28.9 Å². The van der Waals surface area contributed by atoms with Gasteiger partial charge in [0, 0.05) is 39.1 Å². The molecule has 0 radical (unpaired) electrons. The van der Waals surface area contributed by atoms with E-state index in [2.05, 4.69) is 33.9 Å². The van der Waals surface area contributed by atoms with E-state index in [0.29, 0.717) is 13.0 Å². The van der Waals surface area contributed by atoms with Crippen LogP contribution in [-0.4, -0.2) is 41.2 Å². The standard InChI is InChI=1S/C17H36O4Si/c1-13(10-11-21-22(8,9)17(3,4)5)16(18)14(2)12-15(19-6)20-7/h13-15H,10-12H2,1-9H3/t13-,14-/m1/s1. The van der Waals surface area contributed by atoms with Crippen LogP contribution in [0.4, 0.5) is 0 Å². The minimum absolute atomic E-state index is 0.00845. The van der Waals surface area contributed by atoms with Gasteiger partial charge >= 0.3 is 0 Å². The van der Waals surface area contributed by atoms with E-state index in [0.717, 1.165) is 6.42 Å². The molecule has 0 unspecified atom stereocenters. The SMILES string of the molecule is COC(C[C@@H](C)C(=O)[C@H](C)CCO[Si](C)(C)C(C)(C)C)OC. The zero-order valence-corrected chi connectivity index (χ0v) is 17.0. The summed E-state index contributed by atoms with van der Waals surface area (Å²) in [7, 11) is 1.48. The molecule has 0 saturated carbocycles. The Morgan fingerprint density at radius 2 is 1.55 bits per heavy atom. The fraction of sp³-hybridized carbons (Fsp3) is 0.941. The zero-order chi connectivity index (χ0) is 17.6. The van der Waals surface area contributed by atoms with E-state index in [9.17, 15) is 4.79 Å². The van der Waals surface area contributed by atoms with Crippen molar-refractivity contribution < 1.29 is 18.7 Å². The summed E-state index contributed by atoms with van der Waals surface area (Å²) in [5.41, 5.74) is 0. The Kier molecular flexibility index (Phi) is 9.06. The third-order valence-corrected chi connectivity index (χ3v) is 9.40. The summed E-state index contributed by atoms with van der Waals surface area (Å²) in [5, 5.41) is 0.206. The molecule has 0 saturated heterocycles. The summed E-state index contributed by atoms with van der Waals surface area (Å²) in [6.07, 6.45) is 1.06. The lowest BCUT2D eigenvalue weighted by Crippen LogP contribution is -2.41. The lowest BCUT2D eigenvalue weighted by atomic mass is 9.91. The first-order valence-corrected chi connectivity index (χ1v) is 11.1. The molecule has 5 heteroatoms. The molecule has 0 heterocycles. The Balaban J connectivity index is 4.32. The molecule has 0 fully saturated rings. The van der Waals surface area contributed by atoms with E-state index in [4.69, 9.17) is 13.9 Å². The van der Waals surface area contributed by atoms with Crippen molar-refractivity contribution in [3.63, 3.8) is 0 Å². The molecule has 0 aliphatic rings. The highest BCUT2D eigenvalue weighted by molar-refractivity contribution is 6.74. The van der Waals surface area contributed by atoms with Crippen LogP contribution < -0.4 is 0 Å². The number of hydrogen-bond donors (Lipinski definition) is 0. The number of ether oxygens (including phenoxy) is 2. The topological polar surface area (TPSA) is 44.8 Å². The Morgan fingerprint density at radius 1 is 1.05 bits per heavy atom.